The molecule has 4 amide bonds. The van der Waals surface area contributed by atoms with E-state index in [1.165, 1.54) is 0 Å². The molecule has 0 radical (unpaired) electrons. The number of hydrogen-bond acceptors (Lipinski definition) is 10. The number of fused-ring (bicyclic) bond motifs is 4. The van der Waals surface area contributed by atoms with Gasteiger partial charge in [-0.3, -0.25) is 9.59 Å². The van der Waals surface area contributed by atoms with Crippen LogP contribution < -0.4 is 10.6 Å². The fourth-order valence-corrected chi connectivity index (χ4v) is 7.38. The fraction of sp³-hybridized carbons (Fsp3) is 0.440. The van der Waals surface area contributed by atoms with Crippen LogP contribution in [-0.4, -0.2) is 104 Å². The largest absolute Gasteiger partial charge is 0.444 e. The number of carbonyl (C=O) groups excluding carboxylic acids is 4. The summed E-state index contributed by atoms with van der Waals surface area (Å²) in [6.45, 7) is 17.6. The number of aryl methyl sites for hydroxylation is 2. The number of ether oxygens (including phenoxy) is 2. The molecular weight excluding hydrogens is 809 g/mol. The number of aromatic nitrogens is 4. The Hall–Kier alpha value is -6.44. The van der Waals surface area contributed by atoms with Crippen molar-refractivity contribution >= 4 is 68.1 Å². The smallest absolute Gasteiger partial charge is 0.410 e. The topological polar surface area (TPSA) is 169 Å². The highest BCUT2D eigenvalue weighted by Gasteiger charge is 2.24. The van der Waals surface area contributed by atoms with E-state index in [-0.39, 0.29) is 11.8 Å². The van der Waals surface area contributed by atoms with Crippen LogP contribution >= 0.6 is 0 Å². The van der Waals surface area contributed by atoms with Crippen molar-refractivity contribution in [1.82, 2.24) is 40.4 Å². The second-order valence-corrected chi connectivity index (χ2v) is 18.2. The van der Waals surface area contributed by atoms with Gasteiger partial charge in [0.15, 0.2) is 0 Å². The van der Waals surface area contributed by atoms with Crippen LogP contribution in [0.4, 0.5) is 9.59 Å². The standard InChI is InChI=1S/C50H62N8O6/c1-33-19-15-23-37-41(33)55-43-35(21-17-25-39(43)53-37)45(59)51-27-9-11-29-57(47(61)63-49(3,4)5)31-13-14-32-58(48(62)64-50(6,7)8)30-12-10-28-52-46(60)36-22-18-26-40-44(36)56-42-34(2)20-16-24-38(42)54-40/h15-26H,9-14,27-32H2,1-8H3,(H,51,59)(H,52,60). The second kappa shape index (κ2) is 20.8. The lowest BCUT2D eigenvalue weighted by molar-refractivity contribution is 0.0207. The summed E-state index contributed by atoms with van der Waals surface area (Å²) in [5, 5.41) is 6.04. The monoisotopic (exact) mass is 870 g/mol. The fourth-order valence-electron chi connectivity index (χ4n) is 7.38. The van der Waals surface area contributed by atoms with E-state index in [2.05, 4.69) is 10.6 Å². The summed E-state index contributed by atoms with van der Waals surface area (Å²) in [5.74, 6) is -0.451. The molecule has 2 N–H and O–H groups in total. The first-order valence-corrected chi connectivity index (χ1v) is 22.3. The highest BCUT2D eigenvalue weighted by atomic mass is 16.6. The highest BCUT2D eigenvalue weighted by molar-refractivity contribution is 6.07. The van der Waals surface area contributed by atoms with Crippen LogP contribution in [-0.2, 0) is 9.47 Å². The zero-order chi connectivity index (χ0) is 46.0. The summed E-state index contributed by atoms with van der Waals surface area (Å²) < 4.78 is 11.5. The summed E-state index contributed by atoms with van der Waals surface area (Å²) in [7, 11) is 0. The van der Waals surface area contributed by atoms with Crippen molar-refractivity contribution in [1.29, 1.82) is 0 Å². The van der Waals surface area contributed by atoms with Gasteiger partial charge in [0.1, 0.15) is 22.2 Å². The van der Waals surface area contributed by atoms with Gasteiger partial charge in [-0.05, 0) is 141 Å². The van der Waals surface area contributed by atoms with Crippen LogP contribution in [0.2, 0.25) is 0 Å². The van der Waals surface area contributed by atoms with E-state index in [4.69, 9.17) is 29.4 Å². The molecule has 64 heavy (non-hydrogen) atoms. The van der Waals surface area contributed by atoms with Crippen LogP contribution in [0.15, 0.2) is 72.8 Å². The molecule has 14 heteroatoms. The average Bonchev–Trinajstić information content (AvgIpc) is 3.23. The summed E-state index contributed by atoms with van der Waals surface area (Å²) >= 11 is 0. The number of nitrogens with one attached hydrogen (secondary N) is 2. The van der Waals surface area contributed by atoms with Gasteiger partial charge in [-0.25, -0.2) is 29.5 Å². The third-order valence-electron chi connectivity index (χ3n) is 10.6. The highest BCUT2D eigenvalue weighted by Crippen LogP contribution is 2.24. The molecule has 0 unspecified atom stereocenters. The molecule has 0 saturated carbocycles. The number of para-hydroxylation sites is 4. The Bertz CT molecular complexity index is 2460. The normalized spacial score (nSPS) is 11.8. The molecule has 2 heterocycles. The van der Waals surface area contributed by atoms with Gasteiger partial charge >= 0.3 is 12.2 Å². The van der Waals surface area contributed by atoms with Crippen LogP contribution in [0.1, 0.15) is 112 Å². The third-order valence-corrected chi connectivity index (χ3v) is 10.6. The number of rotatable bonds is 17. The van der Waals surface area contributed by atoms with E-state index in [9.17, 15) is 19.2 Å². The predicted octanol–water partition coefficient (Wildman–Crippen LogP) is 9.47. The molecule has 6 rings (SSSR count). The van der Waals surface area contributed by atoms with Crippen LogP contribution in [0.25, 0.3) is 44.1 Å². The first-order valence-electron chi connectivity index (χ1n) is 22.3. The van der Waals surface area contributed by atoms with E-state index < -0.39 is 23.4 Å². The van der Waals surface area contributed by atoms with Crippen LogP contribution in [0.5, 0.6) is 0 Å². The molecule has 0 saturated heterocycles. The van der Waals surface area contributed by atoms with Gasteiger partial charge in [0.05, 0.1) is 44.2 Å². The molecule has 4 aromatic carbocycles. The lowest BCUT2D eigenvalue weighted by Crippen LogP contribution is -2.40. The summed E-state index contributed by atoms with van der Waals surface area (Å²) in [4.78, 5) is 75.8. The second-order valence-electron chi connectivity index (χ2n) is 18.2. The molecule has 0 bridgehead atoms. The number of hydrogen-bond donors (Lipinski definition) is 2. The SMILES string of the molecule is Cc1cccc2nc3cccc(C(=O)NCCCCN(CCCCN(CCCCNC(=O)c4cccc5nc6cccc(C)c6nc45)C(=O)OC(C)(C)C)C(=O)OC(C)(C)C)c3nc12. The molecule has 14 nitrogen and oxygen atoms in total. The summed E-state index contributed by atoms with van der Waals surface area (Å²) in [6, 6.07) is 22.5. The Morgan fingerprint density at radius 3 is 1.16 bits per heavy atom. The van der Waals surface area contributed by atoms with Crippen molar-refractivity contribution in [2.45, 2.75) is 105 Å². The van der Waals surface area contributed by atoms with Gasteiger partial charge in [-0.2, -0.15) is 0 Å². The maximum absolute atomic E-state index is 13.3. The molecular formula is C50H62N8O6. The molecule has 0 spiro atoms. The van der Waals surface area contributed by atoms with Crippen molar-refractivity contribution in [3.63, 3.8) is 0 Å². The summed E-state index contributed by atoms with van der Waals surface area (Å²) in [6.07, 6.45) is 3.02. The predicted molar refractivity (Wildman–Crippen MR) is 252 cm³/mol. The zero-order valence-electron chi connectivity index (χ0n) is 38.5. The number of nitrogens with zero attached hydrogens (tertiary/aromatic N) is 6. The molecule has 0 aliphatic heterocycles. The average molecular weight is 871 g/mol. The van der Waals surface area contributed by atoms with E-state index in [1.54, 1.807) is 21.9 Å². The Balaban J connectivity index is 0.983. The number of carbonyl (C=O) groups is 4. The Morgan fingerprint density at radius 2 is 0.797 bits per heavy atom. The van der Waals surface area contributed by atoms with Gasteiger partial charge in [0.2, 0.25) is 0 Å². The van der Waals surface area contributed by atoms with Gasteiger partial charge < -0.3 is 29.9 Å². The quantitative estimate of drug-likeness (QED) is 0.0665. The Labute approximate surface area is 375 Å². The van der Waals surface area contributed by atoms with E-state index >= 15 is 0 Å². The number of unbranched alkanes of at least 4 members (excludes halogenated alkanes) is 3. The third kappa shape index (κ3) is 12.6. The van der Waals surface area contributed by atoms with Crippen molar-refractivity contribution in [3.8, 4) is 0 Å². The first-order chi connectivity index (χ1) is 30.5. The molecule has 0 aliphatic carbocycles. The van der Waals surface area contributed by atoms with E-state index in [1.807, 2.05) is 116 Å². The number of amides is 4. The molecule has 6 aromatic rings. The van der Waals surface area contributed by atoms with E-state index in [0.29, 0.717) is 111 Å². The van der Waals surface area contributed by atoms with Gasteiger partial charge in [0, 0.05) is 39.3 Å². The maximum Gasteiger partial charge on any atom is 0.410 e. The maximum atomic E-state index is 13.3. The lowest BCUT2D eigenvalue weighted by atomic mass is 10.1. The molecule has 2 aromatic heterocycles. The zero-order valence-corrected chi connectivity index (χ0v) is 38.5. The van der Waals surface area contributed by atoms with Crippen LogP contribution in [0.3, 0.4) is 0 Å². The van der Waals surface area contributed by atoms with Gasteiger partial charge in [-0.15, -0.1) is 0 Å². The molecule has 338 valence electrons. The molecule has 0 aliphatic rings. The van der Waals surface area contributed by atoms with E-state index in [0.717, 1.165) is 33.2 Å². The number of benzene rings is 4. The Kier molecular flexibility index (Phi) is 15.3. The van der Waals surface area contributed by atoms with Crippen molar-refractivity contribution in [2.75, 3.05) is 39.3 Å². The first kappa shape index (κ1) is 47.0. The minimum atomic E-state index is -0.668. The van der Waals surface area contributed by atoms with Crippen molar-refractivity contribution in [2.24, 2.45) is 0 Å². The van der Waals surface area contributed by atoms with Crippen molar-refractivity contribution < 1.29 is 28.7 Å². The summed E-state index contributed by atoms with van der Waals surface area (Å²) in [5.41, 5.74) is 7.13. The minimum Gasteiger partial charge on any atom is -0.444 e. The minimum absolute atomic E-state index is 0.226. The van der Waals surface area contributed by atoms with Gasteiger partial charge in [0.25, 0.3) is 11.8 Å². The van der Waals surface area contributed by atoms with Crippen LogP contribution in [0, 0.1) is 13.8 Å². The molecule has 0 atom stereocenters. The molecule has 0 fully saturated rings. The van der Waals surface area contributed by atoms with Crippen molar-refractivity contribution in [3.05, 3.63) is 95.1 Å². The van der Waals surface area contributed by atoms with Gasteiger partial charge in [-0.1, -0.05) is 36.4 Å². The Morgan fingerprint density at radius 1 is 0.469 bits per heavy atom. The lowest BCUT2D eigenvalue weighted by Gasteiger charge is -2.29.